The fraction of sp³-hybridized carbons (Fsp3) is 0.471. The number of hydrogen-bond donors (Lipinski definition) is 2. The van der Waals surface area contributed by atoms with E-state index in [0.29, 0.717) is 12.0 Å². The fourth-order valence-corrected chi connectivity index (χ4v) is 2.94. The molecule has 2 aromatic rings. The number of carbonyl (C=O) groups is 1. The van der Waals surface area contributed by atoms with Gasteiger partial charge < -0.3 is 15.3 Å². The number of carbonyl (C=O) groups excluding carboxylic acids is 1. The minimum atomic E-state index is -0.491. The second-order valence-corrected chi connectivity index (χ2v) is 6.65. The molecule has 0 spiro atoms. The van der Waals surface area contributed by atoms with Crippen LogP contribution in [0.1, 0.15) is 34.1 Å². The lowest BCUT2D eigenvalue weighted by molar-refractivity contribution is -0.00590. The molecular formula is C17H23N5O2. The van der Waals surface area contributed by atoms with Crippen molar-refractivity contribution >= 4 is 5.91 Å². The first-order valence-corrected chi connectivity index (χ1v) is 8.03. The fourth-order valence-electron chi connectivity index (χ4n) is 2.94. The van der Waals surface area contributed by atoms with Crippen molar-refractivity contribution in [3.63, 3.8) is 0 Å². The molecule has 3 atom stereocenters. The molecule has 0 aromatic carbocycles. The summed E-state index contributed by atoms with van der Waals surface area (Å²) in [6.07, 6.45) is 5.26. The van der Waals surface area contributed by atoms with Crippen LogP contribution in [0.2, 0.25) is 0 Å². The third kappa shape index (κ3) is 3.47. The van der Waals surface area contributed by atoms with Gasteiger partial charge in [0, 0.05) is 18.9 Å². The maximum Gasteiger partial charge on any atom is 0.253 e. The first-order valence-electron chi connectivity index (χ1n) is 8.03. The van der Waals surface area contributed by atoms with Gasteiger partial charge in [-0.05, 0) is 45.1 Å². The summed E-state index contributed by atoms with van der Waals surface area (Å²) in [6, 6.07) is 3.29. The normalized spacial score (nSPS) is 23.1. The molecule has 1 fully saturated rings. The summed E-state index contributed by atoms with van der Waals surface area (Å²) in [4.78, 5) is 18.7. The van der Waals surface area contributed by atoms with Crippen LogP contribution in [-0.2, 0) is 6.54 Å². The minimum Gasteiger partial charge on any atom is -0.391 e. The second kappa shape index (κ2) is 6.70. The van der Waals surface area contributed by atoms with E-state index < -0.39 is 6.10 Å². The van der Waals surface area contributed by atoms with Gasteiger partial charge in [0.2, 0.25) is 0 Å². The Hall–Kier alpha value is -2.25. The number of nitrogens with one attached hydrogen (secondary N) is 1. The molecule has 2 heterocycles. The van der Waals surface area contributed by atoms with E-state index in [1.54, 1.807) is 23.1 Å². The van der Waals surface area contributed by atoms with Crippen molar-refractivity contribution in [2.45, 2.75) is 38.1 Å². The summed E-state index contributed by atoms with van der Waals surface area (Å²) < 4.78 is 1.73. The molecule has 1 amide bonds. The van der Waals surface area contributed by atoms with Gasteiger partial charge in [0.05, 0.1) is 35.6 Å². The van der Waals surface area contributed by atoms with Gasteiger partial charge in [-0.1, -0.05) is 0 Å². The van der Waals surface area contributed by atoms with Crippen molar-refractivity contribution in [1.82, 2.24) is 25.0 Å². The highest BCUT2D eigenvalue weighted by Crippen LogP contribution is 2.32. The zero-order valence-corrected chi connectivity index (χ0v) is 14.2. The molecule has 2 N–H and O–H groups in total. The number of amides is 1. The standard InChI is InChI=1S/C17H23N5O2/c1-11-7-19-22(9-11)16-14(6-15(16)23)20-17(24)12-4-5-13(18-8-12)10-21(2)3/h4-5,7-9,14-16,23H,6,10H2,1-3H3,(H,20,24)/t14-,15+,16+/m0/s1. The molecule has 1 saturated carbocycles. The first-order chi connectivity index (χ1) is 11.4. The van der Waals surface area contributed by atoms with Crippen LogP contribution >= 0.6 is 0 Å². The topological polar surface area (TPSA) is 83.3 Å². The lowest BCUT2D eigenvalue weighted by Crippen LogP contribution is -2.56. The Labute approximate surface area is 141 Å². The minimum absolute atomic E-state index is 0.131. The number of aliphatic hydroxyl groups is 1. The number of aromatic nitrogens is 3. The Morgan fingerprint density at radius 2 is 2.21 bits per heavy atom. The number of pyridine rings is 1. The van der Waals surface area contributed by atoms with E-state index in [4.69, 9.17) is 0 Å². The highest BCUT2D eigenvalue weighted by Gasteiger charge is 2.42. The van der Waals surface area contributed by atoms with Gasteiger partial charge >= 0.3 is 0 Å². The molecule has 3 rings (SSSR count). The Kier molecular flexibility index (Phi) is 4.64. The first kappa shape index (κ1) is 16.6. The number of hydrogen-bond acceptors (Lipinski definition) is 5. The van der Waals surface area contributed by atoms with Crippen LogP contribution in [0.25, 0.3) is 0 Å². The Balaban J connectivity index is 1.64. The average molecular weight is 329 g/mol. The van der Waals surface area contributed by atoms with Crippen LogP contribution < -0.4 is 5.32 Å². The lowest BCUT2D eigenvalue weighted by Gasteiger charge is -2.41. The van der Waals surface area contributed by atoms with Crippen molar-refractivity contribution in [3.8, 4) is 0 Å². The van der Waals surface area contributed by atoms with E-state index in [2.05, 4.69) is 15.4 Å². The van der Waals surface area contributed by atoms with Crippen LogP contribution in [0.3, 0.4) is 0 Å². The summed E-state index contributed by atoms with van der Waals surface area (Å²) in [6.45, 7) is 2.68. The smallest absolute Gasteiger partial charge is 0.253 e. The Bertz CT molecular complexity index is 710. The third-order valence-corrected chi connectivity index (χ3v) is 4.22. The van der Waals surface area contributed by atoms with Crippen molar-refractivity contribution in [2.24, 2.45) is 0 Å². The number of aryl methyl sites for hydroxylation is 1. The molecule has 1 aliphatic carbocycles. The van der Waals surface area contributed by atoms with Gasteiger partial charge in [0.25, 0.3) is 5.91 Å². The summed E-state index contributed by atoms with van der Waals surface area (Å²) in [5, 5.41) is 17.2. The molecule has 0 aliphatic heterocycles. The van der Waals surface area contributed by atoms with E-state index in [-0.39, 0.29) is 18.0 Å². The van der Waals surface area contributed by atoms with Gasteiger partial charge in [0.1, 0.15) is 0 Å². The maximum atomic E-state index is 12.4. The van der Waals surface area contributed by atoms with E-state index in [1.165, 1.54) is 0 Å². The van der Waals surface area contributed by atoms with Crippen molar-refractivity contribution in [3.05, 3.63) is 47.5 Å². The zero-order chi connectivity index (χ0) is 17.3. The van der Waals surface area contributed by atoms with E-state index in [0.717, 1.165) is 17.8 Å². The molecule has 0 radical (unpaired) electrons. The van der Waals surface area contributed by atoms with Crippen molar-refractivity contribution in [1.29, 1.82) is 0 Å². The number of nitrogens with zero attached hydrogens (tertiary/aromatic N) is 4. The second-order valence-electron chi connectivity index (χ2n) is 6.65. The molecule has 0 unspecified atom stereocenters. The van der Waals surface area contributed by atoms with Gasteiger partial charge in [-0.25, -0.2) is 0 Å². The maximum absolute atomic E-state index is 12.4. The predicted octanol–water partition coefficient (Wildman–Crippen LogP) is 0.752. The molecular weight excluding hydrogens is 306 g/mol. The summed E-state index contributed by atoms with van der Waals surface area (Å²) in [5.41, 5.74) is 2.47. The van der Waals surface area contributed by atoms with Crippen LogP contribution in [0.4, 0.5) is 0 Å². The van der Waals surface area contributed by atoms with Crippen molar-refractivity contribution in [2.75, 3.05) is 14.1 Å². The monoisotopic (exact) mass is 329 g/mol. The molecule has 1 aliphatic rings. The summed E-state index contributed by atoms with van der Waals surface area (Å²) >= 11 is 0. The average Bonchev–Trinajstić information content (AvgIpc) is 2.92. The molecule has 128 valence electrons. The Morgan fingerprint density at radius 1 is 1.42 bits per heavy atom. The Morgan fingerprint density at radius 3 is 2.75 bits per heavy atom. The summed E-state index contributed by atoms with van der Waals surface area (Å²) in [5.74, 6) is -0.176. The number of aliphatic hydroxyl groups excluding tert-OH is 1. The zero-order valence-electron chi connectivity index (χ0n) is 14.2. The largest absolute Gasteiger partial charge is 0.391 e. The predicted molar refractivity (Wildman–Crippen MR) is 89.5 cm³/mol. The molecule has 7 heteroatoms. The van der Waals surface area contributed by atoms with Crippen LogP contribution in [0.5, 0.6) is 0 Å². The molecule has 0 bridgehead atoms. The lowest BCUT2D eigenvalue weighted by atomic mass is 9.83. The molecule has 2 aromatic heterocycles. The molecule has 7 nitrogen and oxygen atoms in total. The highest BCUT2D eigenvalue weighted by atomic mass is 16.3. The van der Waals surface area contributed by atoms with Gasteiger partial charge in [-0.15, -0.1) is 0 Å². The van der Waals surface area contributed by atoms with Crippen LogP contribution in [0, 0.1) is 6.92 Å². The van der Waals surface area contributed by atoms with E-state index >= 15 is 0 Å². The van der Waals surface area contributed by atoms with Gasteiger partial charge in [-0.3, -0.25) is 14.5 Å². The van der Waals surface area contributed by atoms with Gasteiger partial charge in [0.15, 0.2) is 0 Å². The molecule has 24 heavy (non-hydrogen) atoms. The van der Waals surface area contributed by atoms with Crippen LogP contribution in [0.15, 0.2) is 30.7 Å². The SMILES string of the molecule is Cc1cnn([C@H]2[C@H](O)C[C@@H]2NC(=O)c2ccc(CN(C)C)nc2)c1. The molecule has 0 saturated heterocycles. The highest BCUT2D eigenvalue weighted by molar-refractivity contribution is 5.94. The van der Waals surface area contributed by atoms with Gasteiger partial charge in [-0.2, -0.15) is 5.10 Å². The third-order valence-electron chi connectivity index (χ3n) is 4.22. The van der Waals surface area contributed by atoms with Crippen LogP contribution in [-0.4, -0.2) is 56.9 Å². The van der Waals surface area contributed by atoms with Crippen molar-refractivity contribution < 1.29 is 9.90 Å². The van der Waals surface area contributed by atoms with E-state index in [1.807, 2.05) is 38.2 Å². The summed E-state index contributed by atoms with van der Waals surface area (Å²) in [7, 11) is 3.95. The van der Waals surface area contributed by atoms with E-state index in [9.17, 15) is 9.90 Å². The number of rotatable bonds is 5. The quantitative estimate of drug-likeness (QED) is 0.846.